The number of imidazole rings is 2. The maximum absolute atomic E-state index is 10.8. The highest BCUT2D eigenvalue weighted by Crippen LogP contribution is 2.36. The number of phenols is 1. The van der Waals surface area contributed by atoms with E-state index in [-0.39, 0.29) is 5.75 Å². The minimum atomic E-state index is 0.133. The summed E-state index contributed by atoms with van der Waals surface area (Å²) < 4.78 is 0. The van der Waals surface area contributed by atoms with Gasteiger partial charge in [0.15, 0.2) is 0 Å². The molecule has 0 aliphatic carbocycles. The summed E-state index contributed by atoms with van der Waals surface area (Å²) in [5, 5.41) is 10.8. The molecule has 3 aromatic heterocycles. The number of H-pyrrole nitrogens is 2. The summed E-state index contributed by atoms with van der Waals surface area (Å²) in [7, 11) is 0. The number of aromatic amines is 2. The number of rotatable bonds is 2. The summed E-state index contributed by atoms with van der Waals surface area (Å²) in [6.45, 7) is 0. The fraction of sp³-hybridized carbons (Fsp3) is 0. The number of fused-ring (bicyclic) bond motifs is 2. The zero-order valence-electron chi connectivity index (χ0n) is 13.1. The van der Waals surface area contributed by atoms with E-state index in [1.54, 1.807) is 12.4 Å². The van der Waals surface area contributed by atoms with Gasteiger partial charge in [-0.25, -0.2) is 9.97 Å². The summed E-state index contributed by atoms with van der Waals surface area (Å²) in [5.41, 5.74) is 4.67. The van der Waals surface area contributed by atoms with Crippen LogP contribution in [0, 0.1) is 0 Å². The third-order valence-electron chi connectivity index (χ3n) is 4.22. The van der Waals surface area contributed by atoms with Crippen molar-refractivity contribution in [3.63, 3.8) is 0 Å². The van der Waals surface area contributed by atoms with Crippen molar-refractivity contribution < 1.29 is 5.11 Å². The van der Waals surface area contributed by atoms with Crippen molar-refractivity contribution >= 4 is 22.1 Å². The van der Waals surface area contributed by atoms with Crippen molar-refractivity contribution in [1.82, 2.24) is 24.9 Å². The Morgan fingerprint density at radius 1 is 0.720 bits per heavy atom. The Bertz CT molecular complexity index is 1060. The van der Waals surface area contributed by atoms with Crippen molar-refractivity contribution in [2.75, 3.05) is 0 Å². The molecule has 0 saturated carbocycles. The first-order chi connectivity index (χ1) is 12.3. The van der Waals surface area contributed by atoms with Gasteiger partial charge >= 0.3 is 0 Å². The zero-order valence-corrected chi connectivity index (χ0v) is 13.1. The van der Waals surface area contributed by atoms with E-state index >= 15 is 0 Å². The molecule has 0 bridgehead atoms. The molecule has 0 unspecified atom stereocenters. The highest BCUT2D eigenvalue weighted by atomic mass is 16.3. The molecule has 0 atom stereocenters. The quantitative estimate of drug-likeness (QED) is 0.459. The highest BCUT2D eigenvalue weighted by molar-refractivity contribution is 5.85. The summed E-state index contributed by atoms with van der Waals surface area (Å²) in [4.78, 5) is 19.6. The first-order valence-corrected chi connectivity index (χ1v) is 7.87. The van der Waals surface area contributed by atoms with E-state index < -0.39 is 0 Å². The molecule has 25 heavy (non-hydrogen) atoms. The third-order valence-corrected chi connectivity index (χ3v) is 4.22. The number of para-hydroxylation sites is 3. The van der Waals surface area contributed by atoms with E-state index in [9.17, 15) is 5.11 Å². The second kappa shape index (κ2) is 5.17. The number of aromatic hydroxyl groups is 1. The van der Waals surface area contributed by atoms with Gasteiger partial charge in [-0.15, -0.1) is 0 Å². The first kappa shape index (κ1) is 13.7. The molecule has 0 amide bonds. The first-order valence-electron chi connectivity index (χ1n) is 7.87. The molecule has 0 radical (unpaired) electrons. The summed E-state index contributed by atoms with van der Waals surface area (Å²) >= 11 is 0. The van der Waals surface area contributed by atoms with Crippen LogP contribution in [0.2, 0.25) is 0 Å². The van der Waals surface area contributed by atoms with Gasteiger partial charge in [0, 0.05) is 6.20 Å². The lowest BCUT2D eigenvalue weighted by Crippen LogP contribution is -1.87. The van der Waals surface area contributed by atoms with Crippen molar-refractivity contribution in [2.45, 2.75) is 0 Å². The van der Waals surface area contributed by atoms with Gasteiger partial charge in [-0.3, -0.25) is 4.98 Å². The summed E-state index contributed by atoms with van der Waals surface area (Å²) in [6, 6.07) is 15.1. The molecular formula is C19H13N5O. The van der Waals surface area contributed by atoms with Gasteiger partial charge in [-0.2, -0.15) is 0 Å². The van der Waals surface area contributed by atoms with Gasteiger partial charge in [-0.1, -0.05) is 18.2 Å². The van der Waals surface area contributed by atoms with Gasteiger partial charge in [0.25, 0.3) is 0 Å². The number of hydrogen-bond acceptors (Lipinski definition) is 4. The monoisotopic (exact) mass is 327 g/mol. The number of pyridine rings is 1. The molecule has 3 N–H and O–H groups in total. The van der Waals surface area contributed by atoms with Gasteiger partial charge in [0.2, 0.25) is 0 Å². The molecular weight excluding hydrogens is 314 g/mol. The lowest BCUT2D eigenvalue weighted by Gasteiger charge is -2.06. The maximum atomic E-state index is 10.8. The molecule has 0 aliphatic rings. The van der Waals surface area contributed by atoms with Crippen molar-refractivity contribution in [3.8, 4) is 28.5 Å². The molecule has 0 spiro atoms. The van der Waals surface area contributed by atoms with Crippen molar-refractivity contribution in [3.05, 3.63) is 60.9 Å². The van der Waals surface area contributed by atoms with E-state index in [0.717, 1.165) is 22.1 Å². The van der Waals surface area contributed by atoms with Crippen LogP contribution in [0.3, 0.4) is 0 Å². The minimum Gasteiger partial charge on any atom is -0.506 e. The molecule has 5 aromatic rings. The van der Waals surface area contributed by atoms with Gasteiger partial charge in [0.05, 0.1) is 39.4 Å². The second-order valence-corrected chi connectivity index (χ2v) is 5.78. The number of phenolic OH excluding ortho intramolecular Hbond substituents is 1. The van der Waals surface area contributed by atoms with E-state index in [1.165, 1.54) is 0 Å². The molecule has 6 nitrogen and oxygen atoms in total. The van der Waals surface area contributed by atoms with Crippen LogP contribution < -0.4 is 0 Å². The normalized spacial score (nSPS) is 11.4. The Balaban J connectivity index is 1.68. The molecule has 0 fully saturated rings. The number of nitrogens with one attached hydrogen (secondary N) is 2. The smallest absolute Gasteiger partial charge is 0.142 e. The predicted octanol–water partition coefficient (Wildman–Crippen LogP) is 3.87. The largest absolute Gasteiger partial charge is 0.506 e. The molecule has 120 valence electrons. The third kappa shape index (κ3) is 2.15. The van der Waals surface area contributed by atoms with Gasteiger partial charge < -0.3 is 15.1 Å². The topological polar surface area (TPSA) is 90.5 Å². The van der Waals surface area contributed by atoms with Crippen molar-refractivity contribution in [2.24, 2.45) is 0 Å². The lowest BCUT2D eigenvalue weighted by molar-refractivity contribution is 0.478. The average Bonchev–Trinajstić information content (AvgIpc) is 3.25. The Hall–Kier alpha value is -3.67. The Morgan fingerprint density at radius 3 is 2.12 bits per heavy atom. The molecule has 2 aromatic carbocycles. The van der Waals surface area contributed by atoms with Crippen LogP contribution in [0.25, 0.3) is 44.8 Å². The van der Waals surface area contributed by atoms with Crippen LogP contribution in [-0.2, 0) is 0 Å². The van der Waals surface area contributed by atoms with Crippen LogP contribution in [0.5, 0.6) is 5.75 Å². The number of benzene rings is 2. The second-order valence-electron chi connectivity index (χ2n) is 5.78. The van der Waals surface area contributed by atoms with Gasteiger partial charge in [0.1, 0.15) is 17.4 Å². The Morgan fingerprint density at radius 2 is 1.40 bits per heavy atom. The van der Waals surface area contributed by atoms with Crippen LogP contribution in [0.15, 0.2) is 60.9 Å². The standard InChI is InChI=1S/C19H13N5O/c25-17-11(18-21-13-6-1-2-7-14(13)22-18)4-3-5-12(17)19-23-15-8-9-20-10-16(15)24-19/h1-10,25H,(H,21,22)(H,23,24). The van der Waals surface area contributed by atoms with Crippen LogP contribution in [0.1, 0.15) is 0 Å². The van der Waals surface area contributed by atoms with Crippen LogP contribution in [0.4, 0.5) is 0 Å². The minimum absolute atomic E-state index is 0.133. The Labute approximate surface area is 142 Å². The summed E-state index contributed by atoms with van der Waals surface area (Å²) in [6.07, 6.45) is 3.41. The fourth-order valence-corrected chi connectivity index (χ4v) is 2.99. The van der Waals surface area contributed by atoms with Crippen LogP contribution >= 0.6 is 0 Å². The molecule has 5 rings (SSSR count). The zero-order chi connectivity index (χ0) is 16.8. The molecule has 6 heteroatoms. The Kier molecular flexibility index (Phi) is 2.84. The predicted molar refractivity (Wildman–Crippen MR) is 96.1 cm³/mol. The van der Waals surface area contributed by atoms with Gasteiger partial charge in [-0.05, 0) is 30.3 Å². The number of hydrogen-bond donors (Lipinski definition) is 3. The molecule has 0 aliphatic heterocycles. The van der Waals surface area contributed by atoms with E-state index in [2.05, 4.69) is 24.9 Å². The van der Waals surface area contributed by atoms with E-state index in [4.69, 9.17) is 0 Å². The summed E-state index contributed by atoms with van der Waals surface area (Å²) in [5.74, 6) is 1.35. The average molecular weight is 327 g/mol. The number of aromatic nitrogens is 5. The molecule has 0 saturated heterocycles. The van der Waals surface area contributed by atoms with Crippen molar-refractivity contribution in [1.29, 1.82) is 0 Å². The number of nitrogens with zero attached hydrogens (tertiary/aromatic N) is 3. The van der Waals surface area contributed by atoms with E-state index in [0.29, 0.717) is 22.8 Å². The van der Waals surface area contributed by atoms with E-state index in [1.807, 2.05) is 48.5 Å². The maximum Gasteiger partial charge on any atom is 0.142 e. The van der Waals surface area contributed by atoms with Crippen LogP contribution in [-0.4, -0.2) is 30.0 Å². The highest BCUT2D eigenvalue weighted by Gasteiger charge is 2.16. The lowest BCUT2D eigenvalue weighted by atomic mass is 10.1. The molecule has 3 heterocycles. The SMILES string of the molecule is Oc1c(-c2nc3ccccc3[nH]2)cccc1-c1nc2ccncc2[nH]1. The fourth-order valence-electron chi connectivity index (χ4n) is 2.99.